The molecular weight excluding hydrogens is 244 g/mol. The van der Waals surface area contributed by atoms with Crippen LogP contribution >= 0.6 is 0 Å². The molecule has 5 nitrogen and oxygen atoms in total. The van der Waals surface area contributed by atoms with E-state index in [1.165, 1.54) is 32.8 Å². The Morgan fingerprint density at radius 2 is 2.21 bits per heavy atom. The minimum Gasteiger partial charge on any atom is -0.469 e. The first-order chi connectivity index (χ1) is 9.24. The maximum Gasteiger partial charge on any atom is 0.308 e. The number of rotatable bonds is 4. The SMILES string of the molecule is COC(=O)CC1CN(C2CCCCC2CN)CCO1. The quantitative estimate of drug-likeness (QED) is 0.764. The Kier molecular flexibility index (Phi) is 5.60. The number of nitrogens with zero attached hydrogens (tertiary/aromatic N) is 1. The molecule has 1 saturated carbocycles. The molecule has 19 heavy (non-hydrogen) atoms. The lowest BCUT2D eigenvalue weighted by molar-refractivity contribution is -0.146. The predicted molar refractivity (Wildman–Crippen MR) is 72.7 cm³/mol. The first-order valence-electron chi connectivity index (χ1n) is 7.37. The fraction of sp³-hybridized carbons (Fsp3) is 0.929. The van der Waals surface area contributed by atoms with Crippen molar-refractivity contribution in [3.8, 4) is 0 Å². The summed E-state index contributed by atoms with van der Waals surface area (Å²) in [5.74, 6) is 0.413. The van der Waals surface area contributed by atoms with Crippen LogP contribution < -0.4 is 5.73 Å². The van der Waals surface area contributed by atoms with E-state index >= 15 is 0 Å². The van der Waals surface area contributed by atoms with Crippen molar-refractivity contribution in [3.63, 3.8) is 0 Å². The van der Waals surface area contributed by atoms with Crippen LogP contribution in [0.4, 0.5) is 0 Å². The molecule has 110 valence electrons. The summed E-state index contributed by atoms with van der Waals surface area (Å²) in [5.41, 5.74) is 5.91. The van der Waals surface area contributed by atoms with E-state index in [-0.39, 0.29) is 12.1 Å². The van der Waals surface area contributed by atoms with E-state index < -0.39 is 0 Å². The summed E-state index contributed by atoms with van der Waals surface area (Å²) in [5, 5.41) is 0. The van der Waals surface area contributed by atoms with Crippen molar-refractivity contribution < 1.29 is 14.3 Å². The molecular formula is C14H26N2O3. The van der Waals surface area contributed by atoms with Crippen molar-refractivity contribution in [2.75, 3.05) is 33.4 Å². The van der Waals surface area contributed by atoms with Gasteiger partial charge in [-0.05, 0) is 25.3 Å². The molecule has 2 N–H and O–H groups in total. The molecule has 3 atom stereocenters. The summed E-state index contributed by atoms with van der Waals surface area (Å²) in [6.07, 6.45) is 5.38. The third-order valence-corrected chi connectivity index (χ3v) is 4.43. The van der Waals surface area contributed by atoms with Crippen LogP contribution in [0.15, 0.2) is 0 Å². The van der Waals surface area contributed by atoms with Gasteiger partial charge in [0.1, 0.15) is 0 Å². The number of hydrogen-bond acceptors (Lipinski definition) is 5. The number of hydrogen-bond donors (Lipinski definition) is 1. The zero-order valence-corrected chi connectivity index (χ0v) is 11.8. The molecule has 0 radical (unpaired) electrons. The third-order valence-electron chi connectivity index (χ3n) is 4.43. The van der Waals surface area contributed by atoms with E-state index in [2.05, 4.69) is 4.90 Å². The fourth-order valence-electron chi connectivity index (χ4n) is 3.38. The maximum atomic E-state index is 11.3. The number of carbonyl (C=O) groups is 1. The van der Waals surface area contributed by atoms with Crippen LogP contribution in [0.2, 0.25) is 0 Å². The highest BCUT2D eigenvalue weighted by molar-refractivity contribution is 5.69. The van der Waals surface area contributed by atoms with Crippen LogP contribution in [0.1, 0.15) is 32.1 Å². The number of esters is 1. The first kappa shape index (κ1) is 14.8. The normalized spacial score (nSPS) is 33.1. The minimum atomic E-state index is -0.189. The summed E-state index contributed by atoms with van der Waals surface area (Å²) in [6, 6.07) is 0.572. The van der Waals surface area contributed by atoms with Crippen LogP contribution in [-0.4, -0.2) is 56.4 Å². The molecule has 1 heterocycles. The molecule has 0 spiro atoms. The molecule has 1 aliphatic carbocycles. The summed E-state index contributed by atoms with van der Waals surface area (Å²) in [4.78, 5) is 13.8. The lowest BCUT2D eigenvalue weighted by atomic mass is 9.83. The lowest BCUT2D eigenvalue weighted by Crippen LogP contribution is -2.52. The Balaban J connectivity index is 1.90. The van der Waals surface area contributed by atoms with Crippen molar-refractivity contribution in [1.29, 1.82) is 0 Å². The molecule has 0 aromatic heterocycles. The smallest absolute Gasteiger partial charge is 0.308 e. The second-order valence-corrected chi connectivity index (χ2v) is 5.62. The maximum absolute atomic E-state index is 11.3. The first-order valence-corrected chi connectivity index (χ1v) is 7.37. The Morgan fingerprint density at radius 3 is 2.95 bits per heavy atom. The van der Waals surface area contributed by atoms with Crippen LogP contribution in [0.5, 0.6) is 0 Å². The van der Waals surface area contributed by atoms with Crippen LogP contribution in [0.3, 0.4) is 0 Å². The zero-order valence-electron chi connectivity index (χ0n) is 11.8. The minimum absolute atomic E-state index is 0.0263. The van der Waals surface area contributed by atoms with Gasteiger partial charge in [0.25, 0.3) is 0 Å². The van der Waals surface area contributed by atoms with E-state index in [0.717, 1.165) is 19.6 Å². The second-order valence-electron chi connectivity index (χ2n) is 5.62. The second kappa shape index (κ2) is 7.22. The molecule has 1 saturated heterocycles. The van der Waals surface area contributed by atoms with Gasteiger partial charge in [-0.25, -0.2) is 0 Å². The van der Waals surface area contributed by atoms with E-state index in [1.54, 1.807) is 0 Å². The van der Waals surface area contributed by atoms with Crippen molar-refractivity contribution in [2.45, 2.75) is 44.2 Å². The van der Waals surface area contributed by atoms with Gasteiger partial charge in [-0.1, -0.05) is 12.8 Å². The van der Waals surface area contributed by atoms with Crippen LogP contribution in [-0.2, 0) is 14.3 Å². The van der Waals surface area contributed by atoms with Gasteiger partial charge in [0.2, 0.25) is 0 Å². The van der Waals surface area contributed by atoms with E-state index in [0.29, 0.717) is 25.0 Å². The van der Waals surface area contributed by atoms with Crippen molar-refractivity contribution in [2.24, 2.45) is 11.7 Å². The van der Waals surface area contributed by atoms with Gasteiger partial charge in [0, 0.05) is 19.1 Å². The number of morpholine rings is 1. The number of nitrogens with two attached hydrogens (primary N) is 1. The summed E-state index contributed by atoms with van der Waals surface area (Å²) in [7, 11) is 1.43. The molecule has 0 aromatic carbocycles. The van der Waals surface area contributed by atoms with E-state index in [9.17, 15) is 4.79 Å². The van der Waals surface area contributed by atoms with Gasteiger partial charge in [0.15, 0.2) is 0 Å². The molecule has 2 fully saturated rings. The Bertz CT molecular complexity index is 298. The largest absolute Gasteiger partial charge is 0.469 e. The van der Waals surface area contributed by atoms with E-state index in [4.69, 9.17) is 15.2 Å². The number of ether oxygens (including phenoxy) is 2. The summed E-state index contributed by atoms with van der Waals surface area (Å²) >= 11 is 0. The van der Waals surface area contributed by atoms with Crippen molar-refractivity contribution >= 4 is 5.97 Å². The van der Waals surface area contributed by atoms with Crippen molar-refractivity contribution in [1.82, 2.24) is 4.90 Å². The average molecular weight is 270 g/mol. The van der Waals surface area contributed by atoms with Crippen LogP contribution in [0.25, 0.3) is 0 Å². The topological polar surface area (TPSA) is 64.8 Å². The van der Waals surface area contributed by atoms with Gasteiger partial charge >= 0.3 is 5.97 Å². The van der Waals surface area contributed by atoms with Gasteiger partial charge in [-0.2, -0.15) is 0 Å². The van der Waals surface area contributed by atoms with E-state index in [1.807, 2.05) is 0 Å². The molecule has 0 bridgehead atoms. The molecule has 3 unspecified atom stereocenters. The lowest BCUT2D eigenvalue weighted by Gasteiger charge is -2.43. The van der Waals surface area contributed by atoms with Gasteiger partial charge in [-0.3, -0.25) is 9.69 Å². The Hall–Kier alpha value is -0.650. The standard InChI is InChI=1S/C14H26N2O3/c1-18-14(17)8-12-10-16(6-7-19-12)13-5-3-2-4-11(13)9-15/h11-13H,2-10,15H2,1H3. The summed E-state index contributed by atoms with van der Waals surface area (Å²) < 4.78 is 10.4. The van der Waals surface area contributed by atoms with Crippen LogP contribution in [0, 0.1) is 5.92 Å². The Labute approximate surface area is 115 Å². The van der Waals surface area contributed by atoms with Gasteiger partial charge in [-0.15, -0.1) is 0 Å². The highest BCUT2D eigenvalue weighted by atomic mass is 16.5. The fourth-order valence-corrected chi connectivity index (χ4v) is 3.38. The molecule has 2 rings (SSSR count). The molecule has 0 aromatic rings. The van der Waals surface area contributed by atoms with Gasteiger partial charge < -0.3 is 15.2 Å². The number of carbonyl (C=O) groups excluding carboxylic acids is 1. The Morgan fingerprint density at radius 1 is 1.42 bits per heavy atom. The molecule has 5 heteroatoms. The monoisotopic (exact) mass is 270 g/mol. The highest BCUT2D eigenvalue weighted by Crippen LogP contribution is 2.29. The van der Waals surface area contributed by atoms with Crippen molar-refractivity contribution in [3.05, 3.63) is 0 Å². The third kappa shape index (κ3) is 3.91. The van der Waals surface area contributed by atoms with Gasteiger partial charge in [0.05, 0.1) is 26.2 Å². The molecule has 2 aliphatic rings. The molecule has 0 amide bonds. The number of methoxy groups -OCH3 is 1. The molecule has 1 aliphatic heterocycles. The predicted octanol–water partition coefficient (Wildman–Crippen LogP) is 0.768. The average Bonchev–Trinajstić information content (AvgIpc) is 2.47. The highest BCUT2D eigenvalue weighted by Gasteiger charge is 2.33. The zero-order chi connectivity index (χ0) is 13.7. The summed E-state index contributed by atoms with van der Waals surface area (Å²) in [6.45, 7) is 3.26.